The highest BCUT2D eigenvalue weighted by Gasteiger charge is 2.25. The van der Waals surface area contributed by atoms with E-state index in [-0.39, 0.29) is 32.2 Å². The largest absolute Gasteiger partial charge is 0.477 e. The molecule has 0 spiro atoms. The Morgan fingerprint density at radius 2 is 0.731 bits per heavy atom. The number of nitrogens with zero attached hydrogens (tertiary/aromatic N) is 1. The first kappa shape index (κ1) is 75.0. The van der Waals surface area contributed by atoms with Gasteiger partial charge >= 0.3 is 17.9 Å². The lowest BCUT2D eigenvalue weighted by Gasteiger charge is -2.25. The van der Waals surface area contributed by atoms with E-state index in [0.717, 1.165) is 70.6 Å². The molecule has 0 amide bonds. The van der Waals surface area contributed by atoms with Gasteiger partial charge in [-0.25, -0.2) is 4.79 Å². The summed E-state index contributed by atoms with van der Waals surface area (Å²) in [5, 5.41) is 9.71. The molecule has 9 heteroatoms. The highest BCUT2D eigenvalue weighted by Crippen LogP contribution is 2.18. The van der Waals surface area contributed by atoms with Crippen molar-refractivity contribution in [3.63, 3.8) is 0 Å². The first-order chi connectivity index (χ1) is 38.1. The maximum Gasteiger partial charge on any atom is 0.361 e. The second-order valence-corrected chi connectivity index (χ2v) is 23.4. The molecule has 0 heterocycles. The van der Waals surface area contributed by atoms with Gasteiger partial charge in [0, 0.05) is 12.8 Å². The number of likely N-dealkylation sites (N-methyl/N-ethyl adjacent to an activating group) is 1. The Bertz CT molecular complexity index is 1460. The zero-order valence-electron chi connectivity index (χ0n) is 51.8. The van der Waals surface area contributed by atoms with E-state index in [1.54, 1.807) is 0 Å². The molecule has 0 aliphatic rings. The maximum absolute atomic E-state index is 12.9. The molecule has 0 fully saturated rings. The van der Waals surface area contributed by atoms with Gasteiger partial charge in [0.15, 0.2) is 6.10 Å². The lowest BCUT2D eigenvalue weighted by molar-refractivity contribution is -0.870. The molecule has 2 unspecified atom stereocenters. The van der Waals surface area contributed by atoms with Gasteiger partial charge < -0.3 is 28.5 Å². The van der Waals surface area contributed by atoms with Gasteiger partial charge in [0.2, 0.25) is 0 Å². The second-order valence-electron chi connectivity index (χ2n) is 23.4. The van der Waals surface area contributed by atoms with Crippen molar-refractivity contribution in [2.45, 2.75) is 315 Å². The van der Waals surface area contributed by atoms with Gasteiger partial charge in [-0.15, -0.1) is 0 Å². The third-order valence-electron chi connectivity index (χ3n) is 14.5. The Hall–Kier alpha value is -3.01. The number of carboxylic acid groups (broad SMARTS) is 1. The summed E-state index contributed by atoms with van der Waals surface area (Å²) in [5.74, 6) is -2.04. The van der Waals surface area contributed by atoms with Gasteiger partial charge in [-0.1, -0.05) is 293 Å². The van der Waals surface area contributed by atoms with Crippen LogP contribution in [0.3, 0.4) is 0 Å². The number of ether oxygens (including phenoxy) is 4. The summed E-state index contributed by atoms with van der Waals surface area (Å²) >= 11 is 0. The minimum absolute atomic E-state index is 0.180. The number of hydrogen-bond acceptors (Lipinski definition) is 7. The number of esters is 2. The molecule has 0 aromatic carbocycles. The van der Waals surface area contributed by atoms with E-state index in [4.69, 9.17) is 18.9 Å². The van der Waals surface area contributed by atoms with Crippen LogP contribution in [0.2, 0.25) is 0 Å². The Kier molecular flexibility index (Phi) is 57.8. The average molecular weight is 1100 g/mol. The summed E-state index contributed by atoms with van der Waals surface area (Å²) in [5.41, 5.74) is 0. The van der Waals surface area contributed by atoms with Gasteiger partial charge in [0.25, 0.3) is 6.29 Å². The summed E-state index contributed by atoms with van der Waals surface area (Å²) in [4.78, 5) is 37.5. The van der Waals surface area contributed by atoms with Crippen LogP contribution in [0, 0.1) is 0 Å². The van der Waals surface area contributed by atoms with Crippen molar-refractivity contribution in [3.8, 4) is 0 Å². The summed E-state index contributed by atoms with van der Waals surface area (Å²) < 4.78 is 22.9. The van der Waals surface area contributed by atoms with Crippen molar-refractivity contribution in [3.05, 3.63) is 60.8 Å². The molecule has 454 valence electrons. The molecular weight excluding hydrogens is 971 g/mol. The molecule has 0 rings (SSSR count). The van der Waals surface area contributed by atoms with E-state index in [1.807, 2.05) is 21.1 Å². The molecule has 0 aromatic rings. The lowest BCUT2D eigenvalue weighted by atomic mass is 10.0. The van der Waals surface area contributed by atoms with Crippen LogP contribution in [0.25, 0.3) is 0 Å². The number of allylic oxidation sites excluding steroid dienone is 10. The van der Waals surface area contributed by atoms with Crippen LogP contribution in [0.1, 0.15) is 303 Å². The van der Waals surface area contributed by atoms with Crippen LogP contribution in [0.15, 0.2) is 60.8 Å². The predicted molar refractivity (Wildman–Crippen MR) is 332 cm³/mol. The van der Waals surface area contributed by atoms with Crippen molar-refractivity contribution < 1.29 is 42.9 Å². The Balaban J connectivity index is 4.06. The van der Waals surface area contributed by atoms with Crippen LogP contribution in [-0.4, -0.2) is 87.4 Å². The number of rotatable bonds is 61. The molecule has 0 saturated carbocycles. The standard InChI is InChI=1S/C69H125NO8/c1-6-8-10-12-14-16-18-20-22-24-26-27-28-29-30-31-32-33-34-35-36-37-38-39-40-42-43-45-47-49-51-53-55-57-59-66(71)76-63-65(64-77-69(68(73)74)75-62-61-70(3,4)5)78-67(72)60-58-56-54-52-50-48-46-44-41-25-23-21-19-17-15-13-11-9-7-2/h9,11,15,17,21,23,41,44,48,50,65,69H,6-8,10,12-14,16,18-20,22,24-40,42-43,45-47,49,51-64H2,1-5H3/p+1/b11-9-,17-15-,23-21-,44-41-,50-48-. The fraction of sp³-hybridized carbons (Fsp3) is 0.812. The lowest BCUT2D eigenvalue weighted by Crippen LogP contribution is -2.40. The fourth-order valence-electron chi connectivity index (χ4n) is 9.51. The molecular formula is C69H126NO8+. The van der Waals surface area contributed by atoms with Crippen molar-refractivity contribution in [2.24, 2.45) is 0 Å². The quantitative estimate of drug-likeness (QED) is 0.0211. The Morgan fingerprint density at radius 3 is 1.09 bits per heavy atom. The van der Waals surface area contributed by atoms with Crippen LogP contribution in [-0.2, 0) is 33.3 Å². The van der Waals surface area contributed by atoms with E-state index < -0.39 is 24.3 Å². The molecule has 0 bridgehead atoms. The van der Waals surface area contributed by atoms with Crippen molar-refractivity contribution in [1.82, 2.24) is 0 Å². The van der Waals surface area contributed by atoms with Crippen LogP contribution in [0.5, 0.6) is 0 Å². The van der Waals surface area contributed by atoms with Crippen molar-refractivity contribution >= 4 is 17.9 Å². The molecule has 78 heavy (non-hydrogen) atoms. The molecule has 0 aliphatic carbocycles. The number of aliphatic carboxylic acids is 1. The molecule has 0 aromatic heterocycles. The molecule has 0 aliphatic heterocycles. The molecule has 1 N–H and O–H groups in total. The Labute approximate surface area is 482 Å². The second kappa shape index (κ2) is 60.1. The highest BCUT2D eigenvalue weighted by molar-refractivity contribution is 5.71. The zero-order valence-corrected chi connectivity index (χ0v) is 51.8. The van der Waals surface area contributed by atoms with Gasteiger partial charge in [-0.05, 0) is 57.8 Å². The smallest absolute Gasteiger partial charge is 0.361 e. The van der Waals surface area contributed by atoms with Gasteiger partial charge in [0.1, 0.15) is 13.2 Å². The summed E-state index contributed by atoms with van der Waals surface area (Å²) in [6, 6.07) is 0. The number of carbonyl (C=O) groups is 3. The van der Waals surface area contributed by atoms with E-state index >= 15 is 0 Å². The van der Waals surface area contributed by atoms with E-state index in [9.17, 15) is 19.5 Å². The first-order valence-electron chi connectivity index (χ1n) is 33.0. The van der Waals surface area contributed by atoms with E-state index in [1.165, 1.54) is 199 Å². The summed E-state index contributed by atoms with van der Waals surface area (Å²) in [6.07, 6.45) is 74.9. The maximum atomic E-state index is 12.9. The first-order valence-corrected chi connectivity index (χ1v) is 33.0. The predicted octanol–water partition coefficient (Wildman–Crippen LogP) is 20.0. The Morgan fingerprint density at radius 1 is 0.397 bits per heavy atom. The fourth-order valence-corrected chi connectivity index (χ4v) is 9.51. The third kappa shape index (κ3) is 60.6. The monoisotopic (exact) mass is 1100 g/mol. The average Bonchev–Trinajstić information content (AvgIpc) is 3.41. The van der Waals surface area contributed by atoms with Crippen molar-refractivity contribution in [1.29, 1.82) is 0 Å². The highest BCUT2D eigenvalue weighted by atomic mass is 16.7. The summed E-state index contributed by atoms with van der Waals surface area (Å²) in [6.45, 7) is 4.76. The zero-order chi connectivity index (χ0) is 56.9. The van der Waals surface area contributed by atoms with Gasteiger partial charge in [-0.3, -0.25) is 9.59 Å². The molecule has 2 atom stereocenters. The minimum Gasteiger partial charge on any atom is -0.477 e. The van der Waals surface area contributed by atoms with Crippen LogP contribution < -0.4 is 0 Å². The topological polar surface area (TPSA) is 108 Å². The minimum atomic E-state index is -1.52. The number of quaternary nitrogens is 1. The number of carboxylic acids is 1. The van der Waals surface area contributed by atoms with Crippen LogP contribution >= 0.6 is 0 Å². The molecule has 0 radical (unpaired) electrons. The number of unbranched alkanes of at least 4 members (excludes halogenated alkanes) is 36. The van der Waals surface area contributed by atoms with Gasteiger partial charge in [0.05, 0.1) is 34.4 Å². The van der Waals surface area contributed by atoms with Gasteiger partial charge in [-0.2, -0.15) is 0 Å². The third-order valence-corrected chi connectivity index (χ3v) is 14.5. The van der Waals surface area contributed by atoms with Crippen LogP contribution in [0.4, 0.5) is 0 Å². The summed E-state index contributed by atoms with van der Waals surface area (Å²) in [7, 11) is 5.96. The normalized spacial score (nSPS) is 13.1. The molecule has 0 saturated heterocycles. The van der Waals surface area contributed by atoms with E-state index in [0.29, 0.717) is 23.9 Å². The van der Waals surface area contributed by atoms with Crippen molar-refractivity contribution in [2.75, 3.05) is 47.5 Å². The van der Waals surface area contributed by atoms with E-state index in [2.05, 4.69) is 74.6 Å². The number of hydrogen-bond donors (Lipinski definition) is 1. The molecule has 9 nitrogen and oxygen atoms in total. The SMILES string of the molecule is CC/C=C\C/C=C\C/C=C\C/C=C\C/C=C\CCCCCC(=O)OC(COC(=O)CCCCCCCCCCCCCCCCCCCCCCCCCCCCCCCCCCCC)COC(OCC[N+](C)(C)C)C(=O)O. The number of carbonyl (C=O) groups excluding carboxylic acids is 2.